The molecule has 158 valence electrons. The van der Waals surface area contributed by atoms with Gasteiger partial charge < -0.3 is 15.2 Å². The van der Waals surface area contributed by atoms with E-state index in [0.717, 1.165) is 37.3 Å². The molecule has 1 aromatic carbocycles. The molecule has 1 aliphatic rings. The highest BCUT2D eigenvalue weighted by Gasteiger charge is 2.21. The molecular weight excluding hydrogens is 407 g/mol. The predicted molar refractivity (Wildman–Crippen MR) is 114 cm³/mol. The average molecular weight is 431 g/mol. The second-order valence-electron chi connectivity index (χ2n) is 7.34. The van der Waals surface area contributed by atoms with Crippen LogP contribution in [0.15, 0.2) is 42.6 Å². The van der Waals surface area contributed by atoms with Crippen molar-refractivity contribution in [1.29, 1.82) is 0 Å². The number of nitrogens with two attached hydrogens (primary N) is 1. The molecule has 6 nitrogen and oxygen atoms in total. The van der Waals surface area contributed by atoms with Gasteiger partial charge in [0.15, 0.2) is 0 Å². The van der Waals surface area contributed by atoms with E-state index in [-0.39, 0.29) is 6.54 Å². The Bertz CT molecular complexity index is 1000. The van der Waals surface area contributed by atoms with Crippen molar-refractivity contribution in [3.8, 4) is 22.9 Å². The fraction of sp³-hybridized carbons (Fsp3) is 0.364. The first-order chi connectivity index (χ1) is 14.5. The number of halogens is 2. The van der Waals surface area contributed by atoms with Gasteiger partial charge in [-0.05, 0) is 31.0 Å². The summed E-state index contributed by atoms with van der Waals surface area (Å²) in [6.07, 6.45) is 2.17. The number of aryl methyl sites for hydroxylation is 1. The maximum Gasteiger partial charge on any atom is 0.217 e. The van der Waals surface area contributed by atoms with Gasteiger partial charge in [-0.15, -0.1) is 0 Å². The van der Waals surface area contributed by atoms with Crippen LogP contribution < -0.4 is 10.5 Å². The molecule has 2 aromatic heterocycles. The molecule has 0 unspecified atom stereocenters. The minimum Gasteiger partial charge on any atom is -0.439 e. The van der Waals surface area contributed by atoms with Crippen LogP contribution in [-0.2, 0) is 11.8 Å². The lowest BCUT2D eigenvalue weighted by molar-refractivity contribution is 0.0844. The topological polar surface area (TPSA) is 75.2 Å². The Morgan fingerprint density at radius 1 is 1.27 bits per heavy atom. The first kappa shape index (κ1) is 20.8. The summed E-state index contributed by atoms with van der Waals surface area (Å²) in [5.41, 5.74) is 8.25. The Balaban J connectivity index is 1.62. The van der Waals surface area contributed by atoms with Crippen LogP contribution in [0.1, 0.15) is 36.2 Å². The second-order valence-corrected chi connectivity index (χ2v) is 7.78. The average Bonchev–Trinajstić information content (AvgIpc) is 3.14. The molecule has 1 aliphatic heterocycles. The minimum absolute atomic E-state index is 0.0771. The summed E-state index contributed by atoms with van der Waals surface area (Å²) >= 11 is 6.22. The molecule has 0 amide bonds. The van der Waals surface area contributed by atoms with Gasteiger partial charge in [-0.2, -0.15) is 5.10 Å². The molecule has 0 radical (unpaired) electrons. The second kappa shape index (κ2) is 9.12. The van der Waals surface area contributed by atoms with Crippen LogP contribution in [0.2, 0.25) is 5.02 Å². The van der Waals surface area contributed by atoms with Gasteiger partial charge in [0.25, 0.3) is 0 Å². The number of aromatic nitrogens is 3. The molecule has 3 aromatic rings. The third kappa shape index (κ3) is 4.48. The van der Waals surface area contributed by atoms with Crippen molar-refractivity contribution in [3.63, 3.8) is 0 Å². The first-order valence-electron chi connectivity index (χ1n) is 9.94. The van der Waals surface area contributed by atoms with Gasteiger partial charge in [-0.1, -0.05) is 17.7 Å². The maximum atomic E-state index is 13.8. The number of alkyl halides is 1. The summed E-state index contributed by atoms with van der Waals surface area (Å²) in [6, 6.07) is 10.8. The molecule has 1 saturated heterocycles. The molecule has 0 bridgehead atoms. The van der Waals surface area contributed by atoms with E-state index in [1.54, 1.807) is 28.9 Å². The van der Waals surface area contributed by atoms with Crippen LogP contribution >= 0.6 is 11.6 Å². The van der Waals surface area contributed by atoms with Crippen LogP contribution in [0.25, 0.3) is 11.3 Å². The third-order valence-electron chi connectivity index (χ3n) is 5.28. The van der Waals surface area contributed by atoms with Gasteiger partial charge in [0.1, 0.15) is 11.9 Å². The molecule has 1 atom stereocenters. The first-order valence-corrected chi connectivity index (χ1v) is 10.3. The highest BCUT2D eigenvalue weighted by molar-refractivity contribution is 6.30. The fourth-order valence-corrected chi connectivity index (χ4v) is 3.71. The summed E-state index contributed by atoms with van der Waals surface area (Å²) in [5.74, 6) is 1.54. The van der Waals surface area contributed by atoms with Gasteiger partial charge in [-0.3, -0.25) is 4.98 Å². The lowest BCUT2D eigenvalue weighted by Crippen LogP contribution is -2.14. The Hall–Kier alpha value is -2.48. The predicted octanol–water partition coefficient (Wildman–Crippen LogP) is 4.79. The molecule has 8 heteroatoms. The Morgan fingerprint density at radius 3 is 2.77 bits per heavy atom. The van der Waals surface area contributed by atoms with Crippen molar-refractivity contribution in [2.75, 3.05) is 19.8 Å². The largest absolute Gasteiger partial charge is 0.439 e. The Labute approximate surface area is 179 Å². The van der Waals surface area contributed by atoms with Crippen molar-refractivity contribution in [1.82, 2.24) is 14.8 Å². The number of hydrogen-bond donors (Lipinski definition) is 1. The molecule has 3 heterocycles. The Morgan fingerprint density at radius 2 is 2.07 bits per heavy atom. The molecule has 0 spiro atoms. The highest BCUT2D eigenvalue weighted by atomic mass is 35.5. The molecular formula is C22H24ClFN4O2. The zero-order valence-corrected chi connectivity index (χ0v) is 17.5. The van der Waals surface area contributed by atoms with Crippen molar-refractivity contribution in [3.05, 3.63) is 58.9 Å². The van der Waals surface area contributed by atoms with Gasteiger partial charge in [0, 0.05) is 67.2 Å². The van der Waals surface area contributed by atoms with Crippen LogP contribution in [0, 0.1) is 0 Å². The molecule has 30 heavy (non-hydrogen) atoms. The van der Waals surface area contributed by atoms with Crippen LogP contribution in [0.5, 0.6) is 11.6 Å². The summed E-state index contributed by atoms with van der Waals surface area (Å²) in [7, 11) is 1.85. The van der Waals surface area contributed by atoms with Crippen molar-refractivity contribution in [2.24, 2.45) is 12.8 Å². The number of nitrogens with zero attached hydrogens (tertiary/aromatic N) is 3. The standard InChI is InChI=1S/C22H24ClFN4O2/c1-28-22(11-20(27-28)14-6-8-29-9-7-14)30-21-10-16(23)3-4-17(21)19-5-2-15(13-26-19)18(24)12-25/h2-5,10-11,13-14,18H,6-9,12,25H2,1H3/t18-/m1/s1. The summed E-state index contributed by atoms with van der Waals surface area (Å²) < 4.78 is 27.2. The summed E-state index contributed by atoms with van der Waals surface area (Å²) in [4.78, 5) is 4.40. The van der Waals surface area contributed by atoms with E-state index in [1.165, 1.54) is 6.20 Å². The lowest BCUT2D eigenvalue weighted by atomic mass is 9.97. The quantitative estimate of drug-likeness (QED) is 0.608. The molecule has 0 saturated carbocycles. The SMILES string of the molecule is Cn1nc(C2CCOCC2)cc1Oc1cc(Cl)ccc1-c1ccc([C@H](F)CN)cn1. The normalized spacial score (nSPS) is 15.9. The van der Waals surface area contributed by atoms with Crippen LogP contribution in [-0.4, -0.2) is 34.5 Å². The summed E-state index contributed by atoms with van der Waals surface area (Å²) in [6.45, 7) is 1.43. The van der Waals surface area contributed by atoms with Crippen LogP contribution in [0.4, 0.5) is 4.39 Å². The van der Waals surface area contributed by atoms with Crippen molar-refractivity contribution in [2.45, 2.75) is 24.9 Å². The van der Waals surface area contributed by atoms with Crippen molar-refractivity contribution >= 4 is 11.6 Å². The zero-order valence-electron chi connectivity index (χ0n) is 16.7. The number of hydrogen-bond acceptors (Lipinski definition) is 5. The minimum atomic E-state index is -1.23. The number of ether oxygens (including phenoxy) is 2. The maximum absolute atomic E-state index is 13.8. The molecule has 4 rings (SSSR count). The van der Waals surface area contributed by atoms with Gasteiger partial charge in [-0.25, -0.2) is 9.07 Å². The van der Waals surface area contributed by atoms with Crippen molar-refractivity contribution < 1.29 is 13.9 Å². The molecule has 2 N–H and O–H groups in total. The van der Waals surface area contributed by atoms with E-state index < -0.39 is 6.17 Å². The van der Waals surface area contributed by atoms with E-state index >= 15 is 0 Å². The lowest BCUT2D eigenvalue weighted by Gasteiger charge is -2.19. The van der Waals surface area contributed by atoms with Gasteiger partial charge >= 0.3 is 0 Å². The van der Waals surface area contributed by atoms with Crippen LogP contribution in [0.3, 0.4) is 0 Å². The summed E-state index contributed by atoms with van der Waals surface area (Å²) in [5, 5.41) is 5.18. The van der Waals surface area contributed by atoms with Gasteiger partial charge in [0.05, 0.1) is 11.4 Å². The monoisotopic (exact) mass is 430 g/mol. The van der Waals surface area contributed by atoms with E-state index in [4.69, 9.17) is 26.8 Å². The van der Waals surface area contributed by atoms with E-state index in [9.17, 15) is 4.39 Å². The number of rotatable bonds is 6. The molecule has 0 aliphatic carbocycles. The third-order valence-corrected chi connectivity index (χ3v) is 5.52. The van der Waals surface area contributed by atoms with Gasteiger partial charge in [0.2, 0.25) is 5.88 Å². The Kier molecular flexibility index (Phi) is 6.32. The number of benzene rings is 1. The van der Waals surface area contributed by atoms with E-state index in [0.29, 0.717) is 33.8 Å². The zero-order chi connectivity index (χ0) is 21.1. The smallest absolute Gasteiger partial charge is 0.217 e. The van der Waals surface area contributed by atoms with E-state index in [2.05, 4.69) is 10.1 Å². The van der Waals surface area contributed by atoms with E-state index in [1.807, 2.05) is 19.2 Å². The highest BCUT2D eigenvalue weighted by Crippen LogP contribution is 2.36. The number of pyridine rings is 1. The fourth-order valence-electron chi connectivity index (χ4n) is 3.55. The molecule has 1 fully saturated rings.